The number of hydrogen-bond donors (Lipinski definition) is 0. The summed E-state index contributed by atoms with van der Waals surface area (Å²) in [6.45, 7) is 3.29. The molecule has 3 rings (SSSR count). The van der Waals surface area contributed by atoms with E-state index in [-0.39, 0.29) is 9.78 Å². The molecule has 0 bridgehead atoms. The Balaban J connectivity index is 1.96. The van der Waals surface area contributed by atoms with Crippen molar-refractivity contribution in [3.63, 3.8) is 0 Å². The van der Waals surface area contributed by atoms with Crippen molar-refractivity contribution in [1.29, 1.82) is 0 Å². The van der Waals surface area contributed by atoms with Crippen LogP contribution in [0.1, 0.15) is 36.6 Å². The van der Waals surface area contributed by atoms with Crippen LogP contribution in [0.25, 0.3) is 11.6 Å². The molecule has 6 nitrogen and oxygen atoms in total. The number of carboxylic acid groups (broad SMARTS) is 1. The summed E-state index contributed by atoms with van der Waals surface area (Å²) >= 11 is 0.949. The first-order valence-corrected chi connectivity index (χ1v) is 11.4. The molecule has 1 aliphatic rings. The van der Waals surface area contributed by atoms with Crippen LogP contribution in [-0.4, -0.2) is 38.4 Å². The third kappa shape index (κ3) is 4.45. The van der Waals surface area contributed by atoms with Gasteiger partial charge in [0.05, 0.1) is 12.6 Å². The quantitative estimate of drug-likeness (QED) is 0.643. The number of para-hydroxylation sites is 1. The first-order chi connectivity index (χ1) is 13.4. The highest BCUT2D eigenvalue weighted by Crippen LogP contribution is 2.32. The van der Waals surface area contributed by atoms with Crippen molar-refractivity contribution >= 4 is 39.0 Å². The number of benzene rings is 1. The Morgan fingerprint density at radius 2 is 1.89 bits per heavy atom. The third-order valence-electron chi connectivity index (χ3n) is 4.49. The second kappa shape index (κ2) is 8.89. The highest BCUT2D eigenvalue weighted by Gasteiger charge is 2.27. The molecule has 28 heavy (non-hydrogen) atoms. The molecule has 8 heteroatoms. The second-order valence-electron chi connectivity index (χ2n) is 6.40. The highest BCUT2D eigenvalue weighted by atomic mass is 32.2. The molecule has 0 spiro atoms. The number of carbonyl (C=O) groups excluding carboxylic acids is 1. The average Bonchev–Trinajstić information content (AvgIpc) is 3.18. The zero-order valence-electron chi connectivity index (χ0n) is 15.6. The third-order valence-corrected chi connectivity index (χ3v) is 7.98. The van der Waals surface area contributed by atoms with Crippen molar-refractivity contribution in [2.45, 2.75) is 30.4 Å². The summed E-state index contributed by atoms with van der Waals surface area (Å²) in [5.41, 5.74) is 0.523. The molecule has 2 heterocycles. The lowest BCUT2D eigenvalue weighted by Crippen LogP contribution is -2.35. The average molecular weight is 421 g/mol. The molecular formula is C20H22NO5S2-. The Hall–Kier alpha value is -2.16. The number of carbonyl (C=O) groups is 1. The number of piperidine rings is 1. The van der Waals surface area contributed by atoms with Gasteiger partial charge in [-0.2, -0.15) is 4.31 Å². The Kier molecular flexibility index (Phi) is 6.53. The van der Waals surface area contributed by atoms with Crippen LogP contribution in [0.3, 0.4) is 0 Å². The summed E-state index contributed by atoms with van der Waals surface area (Å²) in [6, 6.07) is 10.1. The fraction of sp³-hybridized carbons (Fsp3) is 0.350. The van der Waals surface area contributed by atoms with E-state index < -0.39 is 16.0 Å². The van der Waals surface area contributed by atoms with Crippen LogP contribution in [0.4, 0.5) is 0 Å². The maximum Gasteiger partial charge on any atom is 0.252 e. The molecule has 1 saturated heterocycles. The van der Waals surface area contributed by atoms with E-state index in [1.165, 1.54) is 22.5 Å². The number of ether oxygens (including phenoxy) is 1. The van der Waals surface area contributed by atoms with E-state index in [0.717, 1.165) is 30.6 Å². The van der Waals surface area contributed by atoms with Crippen LogP contribution >= 0.6 is 11.3 Å². The van der Waals surface area contributed by atoms with Gasteiger partial charge in [0, 0.05) is 29.1 Å². The van der Waals surface area contributed by atoms with Gasteiger partial charge < -0.3 is 14.6 Å². The van der Waals surface area contributed by atoms with Crippen molar-refractivity contribution in [3.05, 3.63) is 46.8 Å². The summed E-state index contributed by atoms with van der Waals surface area (Å²) in [5.74, 6) is -0.809. The molecule has 1 aliphatic heterocycles. The maximum atomic E-state index is 12.8. The molecule has 1 aromatic carbocycles. The van der Waals surface area contributed by atoms with Crippen LogP contribution in [0.15, 0.2) is 40.6 Å². The van der Waals surface area contributed by atoms with E-state index in [0.29, 0.717) is 35.9 Å². The fourth-order valence-electron chi connectivity index (χ4n) is 3.11. The molecule has 0 N–H and O–H groups in total. The molecular weight excluding hydrogens is 398 g/mol. The number of nitrogens with zero attached hydrogens (tertiary/aromatic N) is 1. The summed E-state index contributed by atoms with van der Waals surface area (Å²) < 4.78 is 32.8. The normalized spacial score (nSPS) is 16.1. The topological polar surface area (TPSA) is 86.7 Å². The minimum Gasteiger partial charge on any atom is -0.545 e. The molecule has 0 saturated carbocycles. The van der Waals surface area contributed by atoms with Gasteiger partial charge in [-0.1, -0.05) is 24.6 Å². The fourth-order valence-corrected chi connectivity index (χ4v) is 6.09. The number of rotatable bonds is 7. The number of hydrogen-bond acceptors (Lipinski definition) is 6. The van der Waals surface area contributed by atoms with Crippen LogP contribution in [0, 0.1) is 0 Å². The Bertz CT molecular complexity index is 972. The van der Waals surface area contributed by atoms with E-state index in [4.69, 9.17) is 4.74 Å². The monoisotopic (exact) mass is 420 g/mol. The zero-order valence-corrected chi connectivity index (χ0v) is 17.2. The predicted octanol–water partition coefficient (Wildman–Crippen LogP) is 2.61. The summed E-state index contributed by atoms with van der Waals surface area (Å²) in [5, 5.41) is 11.8. The Morgan fingerprint density at radius 1 is 1.18 bits per heavy atom. The van der Waals surface area contributed by atoms with Crippen molar-refractivity contribution in [3.8, 4) is 5.75 Å². The van der Waals surface area contributed by atoms with Crippen LogP contribution in [0.2, 0.25) is 0 Å². The summed E-state index contributed by atoms with van der Waals surface area (Å²) in [4.78, 5) is 12.1. The van der Waals surface area contributed by atoms with E-state index >= 15 is 0 Å². The zero-order chi connectivity index (χ0) is 20.1. The molecule has 0 aliphatic carbocycles. The molecule has 0 unspecified atom stereocenters. The van der Waals surface area contributed by atoms with Crippen molar-refractivity contribution in [2.24, 2.45) is 0 Å². The lowest BCUT2D eigenvalue weighted by molar-refractivity contribution is -0.295. The van der Waals surface area contributed by atoms with Gasteiger partial charge in [-0.15, -0.1) is 11.3 Å². The molecule has 0 atom stereocenters. The summed E-state index contributed by atoms with van der Waals surface area (Å²) in [7, 11) is -3.60. The molecule has 1 aromatic heterocycles. The van der Waals surface area contributed by atoms with Gasteiger partial charge in [0.25, 0.3) is 10.0 Å². The van der Waals surface area contributed by atoms with E-state index in [2.05, 4.69) is 0 Å². The lowest BCUT2D eigenvalue weighted by Gasteiger charge is -2.25. The number of thiophene rings is 1. The Labute approximate surface area is 169 Å². The standard InChI is InChI=1S/C20H23NO5S2/c1-2-26-17-9-5-4-8-15(17)14-16(20(22)23)18-10-11-19(27-18)28(24,25)21-12-6-3-7-13-21/h4-5,8-11,14H,2-3,6-7,12-13H2,1H3,(H,22,23)/p-1/b16-14-. The van der Waals surface area contributed by atoms with Crippen molar-refractivity contribution in [2.75, 3.05) is 19.7 Å². The molecule has 0 amide bonds. The first kappa shape index (κ1) is 20.6. The van der Waals surface area contributed by atoms with Gasteiger partial charge in [-0.25, -0.2) is 8.42 Å². The van der Waals surface area contributed by atoms with Gasteiger partial charge in [0.15, 0.2) is 0 Å². The van der Waals surface area contributed by atoms with Gasteiger partial charge in [-0.05, 0) is 44.0 Å². The lowest BCUT2D eigenvalue weighted by atomic mass is 10.1. The second-order valence-corrected chi connectivity index (χ2v) is 9.65. The molecule has 150 valence electrons. The van der Waals surface area contributed by atoms with Crippen LogP contribution < -0.4 is 9.84 Å². The SMILES string of the molecule is CCOc1ccccc1/C=C(\C(=O)[O-])c1ccc(S(=O)(=O)N2CCCCC2)s1. The largest absolute Gasteiger partial charge is 0.545 e. The highest BCUT2D eigenvalue weighted by molar-refractivity contribution is 7.91. The van der Waals surface area contributed by atoms with E-state index in [1.54, 1.807) is 24.3 Å². The number of aliphatic carboxylic acids is 1. The predicted molar refractivity (Wildman–Crippen MR) is 107 cm³/mol. The van der Waals surface area contributed by atoms with Gasteiger partial charge >= 0.3 is 0 Å². The molecule has 2 aromatic rings. The molecule has 1 fully saturated rings. The Morgan fingerprint density at radius 3 is 2.57 bits per heavy atom. The minimum absolute atomic E-state index is 0.0720. The van der Waals surface area contributed by atoms with Crippen LogP contribution in [0.5, 0.6) is 5.75 Å². The maximum absolute atomic E-state index is 12.8. The minimum atomic E-state index is -3.60. The van der Waals surface area contributed by atoms with E-state index in [1.807, 2.05) is 6.92 Å². The van der Waals surface area contributed by atoms with E-state index in [9.17, 15) is 18.3 Å². The van der Waals surface area contributed by atoms with Crippen molar-refractivity contribution < 1.29 is 23.1 Å². The van der Waals surface area contributed by atoms with Gasteiger partial charge in [0.1, 0.15) is 9.96 Å². The molecule has 0 radical (unpaired) electrons. The van der Waals surface area contributed by atoms with Crippen molar-refractivity contribution in [1.82, 2.24) is 4.31 Å². The van der Waals surface area contributed by atoms with Gasteiger partial charge in [-0.3, -0.25) is 0 Å². The van der Waals surface area contributed by atoms with Gasteiger partial charge in [0.2, 0.25) is 0 Å². The first-order valence-electron chi connectivity index (χ1n) is 9.18. The van der Waals surface area contributed by atoms with Crippen LogP contribution in [-0.2, 0) is 14.8 Å². The number of sulfonamides is 1. The number of carboxylic acids is 1. The smallest absolute Gasteiger partial charge is 0.252 e. The summed E-state index contributed by atoms with van der Waals surface area (Å²) in [6.07, 6.45) is 4.17.